The first-order valence-electron chi connectivity index (χ1n) is 8.18. The minimum absolute atomic E-state index is 0. The summed E-state index contributed by atoms with van der Waals surface area (Å²) in [5, 5.41) is 0. The molecule has 0 radical (unpaired) electrons. The van der Waals surface area contributed by atoms with Gasteiger partial charge >= 0.3 is 0 Å². The molecule has 3 N–H and O–H groups in total. The van der Waals surface area contributed by atoms with E-state index in [2.05, 4.69) is 18.6 Å². The van der Waals surface area contributed by atoms with Gasteiger partial charge in [0.15, 0.2) is 0 Å². The Kier molecular flexibility index (Phi) is 9.64. The van der Waals surface area contributed by atoms with Gasteiger partial charge < -0.3 is 10.6 Å². The summed E-state index contributed by atoms with van der Waals surface area (Å²) in [5.41, 5.74) is 6.46. The highest BCUT2D eigenvalue weighted by atomic mass is 35.5. The topological polar surface area (TPSA) is 92.5 Å². The van der Waals surface area contributed by atoms with Crippen molar-refractivity contribution in [2.75, 3.05) is 13.6 Å². The molecule has 144 valence electrons. The third-order valence-corrected chi connectivity index (χ3v) is 5.48. The van der Waals surface area contributed by atoms with Gasteiger partial charge in [0.25, 0.3) is 5.91 Å². The standard InChI is InChI=1S/C17H29N3O3S.ClH/c1-12(2)16(18)10-11-20(5)17(21)14-6-8-15(9-7-14)24(22,23)19-13(3)4;/h6-9,12-13,16,19H,10-11,18H2,1-5H3;1H. The van der Waals surface area contributed by atoms with Crippen molar-refractivity contribution >= 4 is 28.3 Å². The molecule has 0 saturated carbocycles. The molecule has 8 heteroatoms. The Bertz CT molecular complexity index is 646. The molecule has 1 unspecified atom stereocenters. The average molecular weight is 392 g/mol. The minimum atomic E-state index is -3.54. The quantitative estimate of drug-likeness (QED) is 0.710. The predicted molar refractivity (Wildman–Crippen MR) is 104 cm³/mol. The normalized spacial score (nSPS) is 12.8. The van der Waals surface area contributed by atoms with Crippen molar-refractivity contribution in [1.29, 1.82) is 0 Å². The molecular weight excluding hydrogens is 362 g/mol. The maximum absolute atomic E-state index is 12.4. The van der Waals surface area contributed by atoms with Gasteiger partial charge in [-0.1, -0.05) is 13.8 Å². The summed E-state index contributed by atoms with van der Waals surface area (Å²) in [7, 11) is -1.82. The van der Waals surface area contributed by atoms with Gasteiger partial charge in [-0.15, -0.1) is 12.4 Å². The van der Waals surface area contributed by atoms with Crippen LogP contribution in [0.4, 0.5) is 0 Å². The van der Waals surface area contributed by atoms with E-state index in [1.165, 1.54) is 24.3 Å². The van der Waals surface area contributed by atoms with Crippen LogP contribution in [0.1, 0.15) is 44.5 Å². The fourth-order valence-corrected chi connectivity index (χ4v) is 3.40. The summed E-state index contributed by atoms with van der Waals surface area (Å²) in [4.78, 5) is 14.1. The number of sulfonamides is 1. The number of hydrogen-bond donors (Lipinski definition) is 2. The van der Waals surface area contributed by atoms with Gasteiger partial charge in [-0.05, 0) is 50.5 Å². The molecule has 0 aromatic heterocycles. The lowest BCUT2D eigenvalue weighted by molar-refractivity contribution is 0.0789. The Morgan fingerprint density at radius 2 is 1.68 bits per heavy atom. The second-order valence-electron chi connectivity index (χ2n) is 6.72. The zero-order valence-corrected chi connectivity index (χ0v) is 17.2. The minimum Gasteiger partial charge on any atom is -0.342 e. The summed E-state index contributed by atoms with van der Waals surface area (Å²) in [6.45, 7) is 8.18. The molecule has 0 saturated heterocycles. The van der Waals surface area contributed by atoms with Crippen LogP contribution in [-0.2, 0) is 10.0 Å². The first kappa shape index (κ1) is 23.9. The Hall–Kier alpha value is -1.15. The van der Waals surface area contributed by atoms with Crippen molar-refractivity contribution in [1.82, 2.24) is 9.62 Å². The van der Waals surface area contributed by atoms with Crippen LogP contribution in [0.25, 0.3) is 0 Å². The molecule has 0 heterocycles. The predicted octanol–water partition coefficient (Wildman–Crippen LogP) is 2.24. The van der Waals surface area contributed by atoms with E-state index >= 15 is 0 Å². The second-order valence-corrected chi connectivity index (χ2v) is 8.44. The Labute approximate surface area is 157 Å². The summed E-state index contributed by atoms with van der Waals surface area (Å²) >= 11 is 0. The molecule has 0 spiro atoms. The van der Waals surface area contributed by atoms with E-state index in [1.807, 2.05) is 0 Å². The largest absolute Gasteiger partial charge is 0.342 e. The Balaban J connectivity index is 0.00000576. The van der Waals surface area contributed by atoms with E-state index in [1.54, 1.807) is 25.8 Å². The molecule has 25 heavy (non-hydrogen) atoms. The van der Waals surface area contributed by atoms with Crippen molar-refractivity contribution in [2.45, 2.75) is 51.1 Å². The average Bonchev–Trinajstić information content (AvgIpc) is 2.50. The van der Waals surface area contributed by atoms with Gasteiger partial charge in [-0.25, -0.2) is 13.1 Å². The summed E-state index contributed by atoms with van der Waals surface area (Å²) in [6.07, 6.45) is 0.727. The molecule has 1 rings (SSSR count). The molecule has 1 aromatic rings. The van der Waals surface area contributed by atoms with Crippen molar-refractivity contribution in [2.24, 2.45) is 11.7 Å². The van der Waals surface area contributed by atoms with E-state index in [0.29, 0.717) is 18.0 Å². The number of rotatable bonds is 8. The first-order chi connectivity index (χ1) is 11.0. The van der Waals surface area contributed by atoms with Crippen molar-refractivity contribution in [3.8, 4) is 0 Å². The van der Waals surface area contributed by atoms with Gasteiger partial charge in [-0.3, -0.25) is 4.79 Å². The zero-order chi connectivity index (χ0) is 18.5. The number of nitrogens with one attached hydrogen (secondary N) is 1. The lowest BCUT2D eigenvalue weighted by atomic mass is 10.0. The lowest BCUT2D eigenvalue weighted by Gasteiger charge is -2.21. The summed E-state index contributed by atoms with van der Waals surface area (Å²) < 4.78 is 26.7. The monoisotopic (exact) mass is 391 g/mol. The van der Waals surface area contributed by atoms with Crippen LogP contribution in [0.3, 0.4) is 0 Å². The number of carbonyl (C=O) groups is 1. The molecule has 0 bridgehead atoms. The van der Waals surface area contributed by atoms with E-state index in [-0.39, 0.29) is 35.3 Å². The zero-order valence-electron chi connectivity index (χ0n) is 15.5. The molecule has 6 nitrogen and oxygen atoms in total. The highest BCUT2D eigenvalue weighted by Gasteiger charge is 2.18. The molecule has 0 aliphatic carbocycles. The van der Waals surface area contributed by atoms with Crippen LogP contribution >= 0.6 is 12.4 Å². The van der Waals surface area contributed by atoms with Crippen molar-refractivity contribution in [3.63, 3.8) is 0 Å². The van der Waals surface area contributed by atoms with E-state index in [4.69, 9.17) is 5.73 Å². The third kappa shape index (κ3) is 7.32. The van der Waals surface area contributed by atoms with Crippen molar-refractivity contribution in [3.05, 3.63) is 29.8 Å². The van der Waals surface area contributed by atoms with Gasteiger partial charge in [0.2, 0.25) is 10.0 Å². The van der Waals surface area contributed by atoms with Gasteiger partial charge in [0.1, 0.15) is 0 Å². The highest BCUT2D eigenvalue weighted by Crippen LogP contribution is 2.13. The molecular formula is C17H30ClN3O3S. The molecule has 1 atom stereocenters. The number of benzene rings is 1. The third-order valence-electron chi connectivity index (χ3n) is 3.80. The summed E-state index contributed by atoms with van der Waals surface area (Å²) in [6, 6.07) is 5.84. The number of nitrogens with two attached hydrogens (primary N) is 1. The number of halogens is 1. The number of nitrogens with zero attached hydrogens (tertiary/aromatic N) is 1. The highest BCUT2D eigenvalue weighted by molar-refractivity contribution is 7.89. The fourth-order valence-electron chi connectivity index (χ4n) is 2.15. The van der Waals surface area contributed by atoms with Crippen LogP contribution in [-0.4, -0.2) is 44.9 Å². The molecule has 0 aliphatic heterocycles. The molecule has 1 amide bonds. The SMILES string of the molecule is CC(C)NS(=O)(=O)c1ccc(C(=O)N(C)CCC(N)C(C)C)cc1.Cl. The van der Waals surface area contributed by atoms with Crippen LogP contribution in [0.5, 0.6) is 0 Å². The second kappa shape index (κ2) is 10.1. The van der Waals surface area contributed by atoms with Gasteiger partial charge in [-0.2, -0.15) is 0 Å². The van der Waals surface area contributed by atoms with Gasteiger partial charge in [0, 0.05) is 31.2 Å². The van der Waals surface area contributed by atoms with E-state index < -0.39 is 10.0 Å². The van der Waals surface area contributed by atoms with E-state index in [9.17, 15) is 13.2 Å². The molecule has 0 fully saturated rings. The van der Waals surface area contributed by atoms with Crippen LogP contribution in [0.2, 0.25) is 0 Å². The summed E-state index contributed by atoms with van der Waals surface area (Å²) in [5.74, 6) is 0.221. The number of hydrogen-bond acceptors (Lipinski definition) is 4. The van der Waals surface area contributed by atoms with Crippen LogP contribution in [0.15, 0.2) is 29.2 Å². The fraction of sp³-hybridized carbons (Fsp3) is 0.588. The van der Waals surface area contributed by atoms with Gasteiger partial charge in [0.05, 0.1) is 4.90 Å². The smallest absolute Gasteiger partial charge is 0.253 e. The van der Waals surface area contributed by atoms with Crippen molar-refractivity contribution < 1.29 is 13.2 Å². The van der Waals surface area contributed by atoms with Crippen LogP contribution in [0, 0.1) is 5.92 Å². The maximum atomic E-state index is 12.4. The lowest BCUT2D eigenvalue weighted by Crippen LogP contribution is -2.34. The number of carbonyl (C=O) groups excluding carboxylic acids is 1. The molecule has 0 aliphatic rings. The first-order valence-corrected chi connectivity index (χ1v) is 9.66. The molecule has 1 aromatic carbocycles. The van der Waals surface area contributed by atoms with Crippen LogP contribution < -0.4 is 10.5 Å². The Morgan fingerprint density at radius 3 is 2.12 bits per heavy atom. The maximum Gasteiger partial charge on any atom is 0.253 e. The number of amides is 1. The van der Waals surface area contributed by atoms with E-state index in [0.717, 1.165) is 6.42 Å². The Morgan fingerprint density at radius 1 is 1.16 bits per heavy atom.